The van der Waals surface area contributed by atoms with Gasteiger partial charge in [0.1, 0.15) is 6.04 Å². The van der Waals surface area contributed by atoms with Gasteiger partial charge in [-0.1, -0.05) is 5.11 Å². The van der Waals surface area contributed by atoms with Gasteiger partial charge in [-0.3, -0.25) is 4.79 Å². The van der Waals surface area contributed by atoms with Crippen LogP contribution in [0.25, 0.3) is 10.4 Å². The van der Waals surface area contributed by atoms with E-state index in [1.54, 1.807) is 0 Å². The zero-order valence-electron chi connectivity index (χ0n) is 8.26. The molecule has 3 N–H and O–H groups in total. The summed E-state index contributed by atoms with van der Waals surface area (Å²) in [6, 6.07) is 1.30. The molecule has 0 fully saturated rings. The first-order chi connectivity index (χ1) is 7.65. The average molecular weight is 304 g/mol. The van der Waals surface area contributed by atoms with Crippen molar-refractivity contribution in [1.82, 2.24) is 5.32 Å². The molecule has 0 aliphatic rings. The van der Waals surface area contributed by atoms with E-state index in [0.29, 0.717) is 6.54 Å². The van der Waals surface area contributed by atoms with Crippen molar-refractivity contribution >= 4 is 33.2 Å². The zero-order valence-corrected chi connectivity index (χ0v) is 10.7. The Balaban J connectivity index is 2.61. The molecule has 0 aliphatic carbocycles. The number of primary amides is 1. The summed E-state index contributed by atoms with van der Waals surface area (Å²) in [5.41, 5.74) is 13.4. The van der Waals surface area contributed by atoms with Gasteiger partial charge in [0.2, 0.25) is 5.91 Å². The van der Waals surface area contributed by atoms with Crippen LogP contribution in [-0.2, 0) is 4.79 Å². The maximum Gasteiger partial charge on any atom is 0.239 e. The van der Waals surface area contributed by atoms with Crippen molar-refractivity contribution in [2.24, 2.45) is 10.8 Å². The van der Waals surface area contributed by atoms with Crippen LogP contribution in [0.2, 0.25) is 0 Å². The molecule has 0 saturated heterocycles. The molecule has 16 heavy (non-hydrogen) atoms. The van der Waals surface area contributed by atoms with Crippen molar-refractivity contribution in [3.8, 4) is 0 Å². The smallest absolute Gasteiger partial charge is 0.239 e. The number of nitrogens with two attached hydrogens (primary N) is 1. The molecule has 1 amide bonds. The van der Waals surface area contributed by atoms with Crippen molar-refractivity contribution in [3.63, 3.8) is 0 Å². The molecule has 0 bridgehead atoms. The van der Waals surface area contributed by atoms with Crippen LogP contribution < -0.4 is 11.1 Å². The van der Waals surface area contributed by atoms with E-state index in [1.807, 2.05) is 11.4 Å². The molecular formula is C8H10BrN5OS. The van der Waals surface area contributed by atoms with Gasteiger partial charge in [0.25, 0.3) is 0 Å². The number of azide groups is 1. The number of carbonyl (C=O) groups excluding carboxylic acids is 1. The number of thiophene rings is 1. The Morgan fingerprint density at radius 2 is 2.56 bits per heavy atom. The second kappa shape index (κ2) is 6.49. The lowest BCUT2D eigenvalue weighted by Crippen LogP contribution is -2.34. The fourth-order valence-corrected chi connectivity index (χ4v) is 2.65. The summed E-state index contributed by atoms with van der Waals surface area (Å²) < 4.78 is 0.913. The van der Waals surface area contributed by atoms with Gasteiger partial charge in [-0.15, -0.1) is 11.3 Å². The highest BCUT2D eigenvalue weighted by Gasteiger charge is 2.18. The minimum atomic E-state index is -0.537. The number of hydrogen-bond acceptors (Lipinski definition) is 4. The van der Waals surface area contributed by atoms with Crippen LogP contribution in [0.15, 0.2) is 21.0 Å². The van der Waals surface area contributed by atoms with E-state index >= 15 is 0 Å². The maximum atomic E-state index is 11.2. The van der Waals surface area contributed by atoms with Gasteiger partial charge in [0, 0.05) is 32.7 Å². The van der Waals surface area contributed by atoms with Gasteiger partial charge in [-0.2, -0.15) is 0 Å². The Morgan fingerprint density at radius 1 is 1.81 bits per heavy atom. The summed E-state index contributed by atoms with van der Waals surface area (Å²) in [4.78, 5) is 14.7. The largest absolute Gasteiger partial charge is 0.368 e. The zero-order chi connectivity index (χ0) is 12.0. The topological polar surface area (TPSA) is 104 Å². The van der Waals surface area contributed by atoms with Gasteiger partial charge < -0.3 is 11.1 Å². The lowest BCUT2D eigenvalue weighted by Gasteiger charge is -2.12. The van der Waals surface area contributed by atoms with Crippen LogP contribution in [0.1, 0.15) is 10.9 Å². The Hall–Kier alpha value is -1.08. The average Bonchev–Trinajstić information content (AvgIpc) is 2.64. The highest BCUT2D eigenvalue weighted by atomic mass is 79.9. The molecule has 0 saturated carbocycles. The van der Waals surface area contributed by atoms with Crippen LogP contribution in [0, 0.1) is 0 Å². The number of halogens is 1. The molecule has 0 spiro atoms. The molecule has 86 valence electrons. The number of nitrogens with zero attached hydrogens (tertiary/aromatic N) is 3. The molecule has 0 radical (unpaired) electrons. The fourth-order valence-electron chi connectivity index (χ4n) is 1.12. The molecule has 0 aromatic carbocycles. The molecule has 1 rings (SSSR count). The summed E-state index contributed by atoms with van der Waals surface area (Å²) in [5.74, 6) is -0.449. The minimum absolute atomic E-state index is 0.285. The van der Waals surface area contributed by atoms with E-state index in [1.165, 1.54) is 11.3 Å². The SMILES string of the molecule is [N-]=[N+]=NCCNC(C(N)=O)c1cc(Br)cs1. The van der Waals surface area contributed by atoms with Crippen LogP contribution >= 0.6 is 27.3 Å². The number of amides is 1. The van der Waals surface area contributed by atoms with Crippen molar-refractivity contribution in [2.75, 3.05) is 13.1 Å². The fraction of sp³-hybridized carbons (Fsp3) is 0.375. The standard InChI is InChI=1S/C8H10BrN5OS/c9-5-3-6(16-4-5)7(8(10)15)12-1-2-13-14-11/h3-4,7,12H,1-2H2,(H2,10,15). The summed E-state index contributed by atoms with van der Waals surface area (Å²) >= 11 is 4.74. The van der Waals surface area contributed by atoms with Gasteiger partial charge in [-0.05, 0) is 27.5 Å². The van der Waals surface area contributed by atoms with E-state index in [-0.39, 0.29) is 6.54 Å². The molecule has 1 aromatic heterocycles. The second-order valence-corrected chi connectivity index (χ2v) is 4.77. The van der Waals surface area contributed by atoms with Crippen molar-refractivity contribution < 1.29 is 4.79 Å². The highest BCUT2D eigenvalue weighted by Crippen LogP contribution is 2.25. The first-order valence-corrected chi connectivity index (χ1v) is 6.10. The van der Waals surface area contributed by atoms with Crippen LogP contribution in [-0.4, -0.2) is 19.0 Å². The van der Waals surface area contributed by atoms with Gasteiger partial charge in [0.15, 0.2) is 0 Å². The first-order valence-electron chi connectivity index (χ1n) is 4.42. The van der Waals surface area contributed by atoms with E-state index in [9.17, 15) is 4.79 Å². The number of carbonyl (C=O) groups is 1. The van der Waals surface area contributed by atoms with Crippen molar-refractivity contribution in [2.45, 2.75) is 6.04 Å². The minimum Gasteiger partial charge on any atom is -0.368 e. The number of hydrogen-bond donors (Lipinski definition) is 2. The number of rotatable bonds is 6. The Morgan fingerprint density at radius 3 is 3.06 bits per heavy atom. The summed E-state index contributed by atoms with van der Waals surface area (Å²) in [5, 5.41) is 8.17. The third-order valence-corrected chi connectivity index (χ3v) is 3.54. The molecule has 1 heterocycles. The van der Waals surface area contributed by atoms with Crippen molar-refractivity contribution in [1.29, 1.82) is 0 Å². The van der Waals surface area contributed by atoms with E-state index in [4.69, 9.17) is 11.3 Å². The predicted octanol–water partition coefficient (Wildman–Crippen LogP) is 1.94. The third kappa shape index (κ3) is 3.82. The molecule has 1 unspecified atom stereocenters. The third-order valence-electron chi connectivity index (χ3n) is 1.78. The summed E-state index contributed by atoms with van der Waals surface area (Å²) in [6.45, 7) is 0.694. The van der Waals surface area contributed by atoms with Gasteiger partial charge >= 0.3 is 0 Å². The van der Waals surface area contributed by atoms with Gasteiger partial charge in [0.05, 0.1) is 0 Å². The predicted molar refractivity (Wildman–Crippen MR) is 66.0 cm³/mol. The quantitative estimate of drug-likeness (QED) is 0.363. The van der Waals surface area contributed by atoms with Crippen LogP contribution in [0.4, 0.5) is 0 Å². The van der Waals surface area contributed by atoms with Crippen LogP contribution in [0.3, 0.4) is 0 Å². The second-order valence-electron chi connectivity index (χ2n) is 2.91. The van der Waals surface area contributed by atoms with E-state index in [0.717, 1.165) is 9.35 Å². The van der Waals surface area contributed by atoms with Crippen LogP contribution in [0.5, 0.6) is 0 Å². The summed E-state index contributed by atoms with van der Waals surface area (Å²) in [7, 11) is 0. The number of nitrogens with one attached hydrogen (secondary N) is 1. The normalized spacial score (nSPS) is 11.8. The molecule has 1 aromatic rings. The lowest BCUT2D eigenvalue weighted by molar-refractivity contribution is -0.120. The maximum absolute atomic E-state index is 11.2. The van der Waals surface area contributed by atoms with Crippen molar-refractivity contribution in [3.05, 3.63) is 31.2 Å². The lowest BCUT2D eigenvalue weighted by atomic mass is 10.2. The van der Waals surface area contributed by atoms with Gasteiger partial charge in [-0.25, -0.2) is 0 Å². The Kier molecular flexibility index (Phi) is 5.27. The Labute approximate surface area is 105 Å². The first kappa shape index (κ1) is 13.0. The Bertz CT molecular complexity index is 414. The summed E-state index contributed by atoms with van der Waals surface area (Å²) in [6.07, 6.45) is 0. The molecule has 8 heteroatoms. The van der Waals surface area contributed by atoms with E-state index in [2.05, 4.69) is 31.3 Å². The highest BCUT2D eigenvalue weighted by molar-refractivity contribution is 9.10. The molecule has 6 nitrogen and oxygen atoms in total. The monoisotopic (exact) mass is 303 g/mol. The molecular weight excluding hydrogens is 294 g/mol. The molecule has 1 atom stereocenters. The van der Waals surface area contributed by atoms with E-state index < -0.39 is 11.9 Å². The molecule has 0 aliphatic heterocycles.